The number of anilines is 1. The Kier molecular flexibility index (Phi) is 4.24. The van der Waals surface area contributed by atoms with Crippen molar-refractivity contribution in [3.63, 3.8) is 0 Å². The number of benzene rings is 1. The van der Waals surface area contributed by atoms with Gasteiger partial charge in [-0.2, -0.15) is 0 Å². The van der Waals surface area contributed by atoms with E-state index in [4.69, 9.17) is 37.1 Å². The van der Waals surface area contributed by atoms with Crippen LogP contribution in [0.2, 0.25) is 8.67 Å². The molecule has 7 nitrogen and oxygen atoms in total. The lowest BCUT2D eigenvalue weighted by molar-refractivity contribution is 0.0716. The maximum absolute atomic E-state index is 12.2. The first-order valence-electron chi connectivity index (χ1n) is 7.08. The summed E-state index contributed by atoms with van der Waals surface area (Å²) in [5.74, 6) is 0.937. The van der Waals surface area contributed by atoms with E-state index in [-0.39, 0.29) is 28.4 Å². The fraction of sp³-hybridized carbons (Fsp3) is 0.133. The summed E-state index contributed by atoms with van der Waals surface area (Å²) in [5, 5.41) is 10.2. The summed E-state index contributed by atoms with van der Waals surface area (Å²) in [6.07, 6.45) is -0.563. The molecule has 0 saturated heterocycles. The second kappa shape index (κ2) is 6.55. The second-order valence-electron chi connectivity index (χ2n) is 5.00. The predicted molar refractivity (Wildman–Crippen MR) is 91.9 cm³/mol. The van der Waals surface area contributed by atoms with Crippen molar-refractivity contribution in [3.05, 3.63) is 50.5 Å². The number of hydrogen-bond donors (Lipinski definition) is 1. The Bertz CT molecular complexity index is 943. The lowest BCUT2D eigenvalue weighted by atomic mass is 10.2. The Hall–Kier alpha value is -2.29. The van der Waals surface area contributed by atoms with E-state index in [1.807, 2.05) is 12.1 Å². The molecule has 0 bridgehead atoms. The van der Waals surface area contributed by atoms with Crippen molar-refractivity contribution in [2.75, 3.05) is 11.9 Å². The summed E-state index contributed by atoms with van der Waals surface area (Å²) < 4.78 is 17.5. The Morgan fingerprint density at radius 3 is 2.80 bits per heavy atom. The maximum atomic E-state index is 12.2. The molecule has 4 rings (SSSR count). The molecule has 0 radical (unpaired) electrons. The van der Waals surface area contributed by atoms with E-state index in [1.54, 1.807) is 12.1 Å². The van der Waals surface area contributed by atoms with Gasteiger partial charge in [0.25, 0.3) is 11.8 Å². The molecule has 10 heteroatoms. The van der Waals surface area contributed by atoms with Gasteiger partial charge in [0.15, 0.2) is 11.5 Å². The minimum Gasteiger partial charge on any atom is -0.485 e. The summed E-state index contributed by atoms with van der Waals surface area (Å²) in [6, 6.07) is 8.67. The summed E-state index contributed by atoms with van der Waals surface area (Å²) in [4.78, 5) is 12.2. The third kappa shape index (κ3) is 3.28. The van der Waals surface area contributed by atoms with Crippen LogP contribution in [0, 0.1) is 0 Å². The fourth-order valence-electron chi connectivity index (χ4n) is 2.22. The molecule has 1 aliphatic rings. The maximum Gasteiger partial charge on any atom is 0.322 e. The molecule has 3 heterocycles. The topological polar surface area (TPSA) is 86.5 Å². The molecule has 1 aliphatic heterocycles. The Balaban J connectivity index is 1.48. The summed E-state index contributed by atoms with van der Waals surface area (Å²) >= 11 is 12.9. The highest BCUT2D eigenvalue weighted by Gasteiger charge is 2.27. The fourth-order valence-corrected chi connectivity index (χ4v) is 3.67. The number of fused-ring (bicyclic) bond motifs is 1. The number of hydrogen-bond acceptors (Lipinski definition) is 7. The van der Waals surface area contributed by atoms with Crippen molar-refractivity contribution < 1.29 is 18.7 Å². The molecule has 1 aromatic carbocycles. The molecular weight excluding hydrogens is 389 g/mol. The number of halogens is 2. The van der Waals surface area contributed by atoms with Crippen LogP contribution < -0.4 is 14.8 Å². The standard InChI is InChI=1S/C15H9Cl2N3O4S/c16-11-5-7(12(17)25-11)13(21)18-15-20-19-14(24-15)10-6-22-8-3-1-2-4-9(8)23-10/h1-5,10H,6H2,(H,18,20,21). The third-order valence-corrected chi connectivity index (χ3v) is 4.83. The van der Waals surface area contributed by atoms with Gasteiger partial charge >= 0.3 is 6.01 Å². The molecule has 128 valence electrons. The number of ether oxygens (including phenoxy) is 2. The molecule has 2 aromatic heterocycles. The van der Waals surface area contributed by atoms with Gasteiger partial charge in [0.05, 0.1) is 9.90 Å². The van der Waals surface area contributed by atoms with E-state index in [9.17, 15) is 4.79 Å². The molecule has 1 unspecified atom stereocenters. The predicted octanol–water partition coefficient (Wildman–Crippen LogP) is 4.20. The average molecular weight is 398 g/mol. The highest BCUT2D eigenvalue weighted by Crippen LogP contribution is 2.36. The highest BCUT2D eigenvalue weighted by molar-refractivity contribution is 7.20. The smallest absolute Gasteiger partial charge is 0.322 e. The molecule has 1 N–H and O–H groups in total. The Morgan fingerprint density at radius 2 is 2.04 bits per heavy atom. The van der Waals surface area contributed by atoms with Crippen LogP contribution in [-0.4, -0.2) is 22.7 Å². The van der Waals surface area contributed by atoms with Crippen LogP contribution in [0.25, 0.3) is 0 Å². The number of carbonyl (C=O) groups excluding carboxylic acids is 1. The minimum atomic E-state index is -0.563. The second-order valence-corrected chi connectivity index (χ2v) is 7.29. The number of nitrogens with zero attached hydrogens (tertiary/aromatic N) is 2. The summed E-state index contributed by atoms with van der Waals surface area (Å²) in [7, 11) is 0. The molecule has 25 heavy (non-hydrogen) atoms. The number of aromatic nitrogens is 2. The van der Waals surface area contributed by atoms with Crippen LogP contribution in [0.5, 0.6) is 11.5 Å². The van der Waals surface area contributed by atoms with Crippen LogP contribution in [0.4, 0.5) is 6.01 Å². The molecule has 0 fully saturated rings. The third-order valence-electron chi connectivity index (χ3n) is 3.35. The molecule has 1 amide bonds. The molecular formula is C15H9Cl2N3O4S. The number of rotatable bonds is 3. The zero-order valence-corrected chi connectivity index (χ0v) is 14.7. The van der Waals surface area contributed by atoms with Crippen molar-refractivity contribution in [1.29, 1.82) is 0 Å². The Morgan fingerprint density at radius 1 is 1.24 bits per heavy atom. The lowest BCUT2D eigenvalue weighted by Gasteiger charge is -2.23. The molecule has 3 aromatic rings. The lowest BCUT2D eigenvalue weighted by Crippen LogP contribution is -2.21. The number of para-hydroxylation sites is 2. The number of amides is 1. The quantitative estimate of drug-likeness (QED) is 0.712. The molecule has 1 atom stereocenters. The first kappa shape index (κ1) is 16.2. The molecule has 0 aliphatic carbocycles. The van der Waals surface area contributed by atoms with E-state index in [0.29, 0.717) is 15.8 Å². The molecule has 0 spiro atoms. The van der Waals surface area contributed by atoms with Crippen LogP contribution >= 0.6 is 34.5 Å². The first-order chi connectivity index (χ1) is 12.1. The average Bonchev–Trinajstić information content (AvgIpc) is 3.20. The zero-order chi connectivity index (χ0) is 17.4. The van der Waals surface area contributed by atoms with Gasteiger partial charge in [-0.25, -0.2) is 0 Å². The van der Waals surface area contributed by atoms with E-state index < -0.39 is 12.0 Å². The zero-order valence-electron chi connectivity index (χ0n) is 12.4. The Labute approximate surface area is 155 Å². The van der Waals surface area contributed by atoms with Crippen molar-refractivity contribution in [1.82, 2.24) is 10.2 Å². The van der Waals surface area contributed by atoms with Gasteiger partial charge in [-0.15, -0.1) is 16.4 Å². The van der Waals surface area contributed by atoms with E-state index in [2.05, 4.69) is 15.5 Å². The van der Waals surface area contributed by atoms with E-state index in [0.717, 1.165) is 11.3 Å². The van der Waals surface area contributed by atoms with Crippen LogP contribution in [0.1, 0.15) is 22.4 Å². The van der Waals surface area contributed by atoms with Gasteiger partial charge < -0.3 is 13.9 Å². The minimum absolute atomic E-state index is 0.0687. The van der Waals surface area contributed by atoms with E-state index in [1.165, 1.54) is 6.07 Å². The van der Waals surface area contributed by atoms with Crippen LogP contribution in [0.3, 0.4) is 0 Å². The van der Waals surface area contributed by atoms with Crippen molar-refractivity contribution in [2.45, 2.75) is 6.10 Å². The van der Waals surface area contributed by atoms with Crippen LogP contribution in [0.15, 0.2) is 34.7 Å². The van der Waals surface area contributed by atoms with Gasteiger partial charge in [0.1, 0.15) is 10.9 Å². The number of thiophene rings is 1. The number of carbonyl (C=O) groups is 1. The van der Waals surface area contributed by atoms with E-state index >= 15 is 0 Å². The first-order valence-corrected chi connectivity index (χ1v) is 8.65. The highest BCUT2D eigenvalue weighted by atomic mass is 35.5. The molecule has 0 saturated carbocycles. The van der Waals surface area contributed by atoms with Crippen molar-refractivity contribution >= 4 is 46.5 Å². The van der Waals surface area contributed by atoms with Crippen LogP contribution in [-0.2, 0) is 0 Å². The number of nitrogens with one attached hydrogen (secondary N) is 1. The summed E-state index contributed by atoms with van der Waals surface area (Å²) in [5.41, 5.74) is 0.239. The van der Waals surface area contributed by atoms with Gasteiger partial charge in [0, 0.05) is 0 Å². The normalized spacial score (nSPS) is 15.8. The van der Waals surface area contributed by atoms with Gasteiger partial charge in [-0.3, -0.25) is 10.1 Å². The van der Waals surface area contributed by atoms with Gasteiger partial charge in [0.2, 0.25) is 6.10 Å². The van der Waals surface area contributed by atoms with Gasteiger partial charge in [-0.05, 0) is 18.2 Å². The summed E-state index contributed by atoms with van der Waals surface area (Å²) in [6.45, 7) is 0.221. The SMILES string of the molecule is O=C(Nc1nnc(C2COc3ccccc3O2)o1)c1cc(Cl)sc1Cl. The van der Waals surface area contributed by atoms with Crippen molar-refractivity contribution in [3.8, 4) is 11.5 Å². The monoisotopic (exact) mass is 397 g/mol. The largest absolute Gasteiger partial charge is 0.485 e. The van der Waals surface area contributed by atoms with Crippen molar-refractivity contribution in [2.24, 2.45) is 0 Å². The van der Waals surface area contributed by atoms with Gasteiger partial charge in [-0.1, -0.05) is 40.4 Å².